The lowest BCUT2D eigenvalue weighted by Crippen LogP contribution is -2.48. The highest BCUT2D eigenvalue weighted by Crippen LogP contribution is 2.26. The molecule has 1 heterocycles. The second kappa shape index (κ2) is 9.66. The van der Waals surface area contributed by atoms with Crippen LogP contribution in [0, 0.1) is 0 Å². The summed E-state index contributed by atoms with van der Waals surface area (Å²) < 4.78 is 41.6. The zero-order valence-corrected chi connectivity index (χ0v) is 15.3. The largest absolute Gasteiger partial charge is 0.573 e. The zero-order chi connectivity index (χ0) is 19.0. The predicted octanol–water partition coefficient (Wildman–Crippen LogP) is 3.12. The van der Waals surface area contributed by atoms with Gasteiger partial charge in [-0.2, -0.15) is 0 Å². The minimum Gasteiger partial charge on any atom is -0.405 e. The van der Waals surface area contributed by atoms with Gasteiger partial charge in [-0.3, -0.25) is 4.99 Å². The fourth-order valence-corrected chi connectivity index (χ4v) is 3.06. The first-order valence-electron chi connectivity index (χ1n) is 8.94. The second-order valence-electron chi connectivity index (χ2n) is 6.34. The molecule has 0 amide bonds. The molecular weight excluding hydrogens is 345 g/mol. The third kappa shape index (κ3) is 6.74. The van der Waals surface area contributed by atoms with Crippen LogP contribution in [-0.4, -0.2) is 49.9 Å². The van der Waals surface area contributed by atoms with Gasteiger partial charge in [0.2, 0.25) is 0 Å². The summed E-state index contributed by atoms with van der Waals surface area (Å²) in [6.07, 6.45) is -1.51. The highest BCUT2D eigenvalue weighted by molar-refractivity contribution is 5.80. The number of halogens is 3. The number of benzene rings is 1. The van der Waals surface area contributed by atoms with E-state index in [4.69, 9.17) is 0 Å². The quantitative estimate of drug-likeness (QED) is 0.595. The number of piperidine rings is 1. The van der Waals surface area contributed by atoms with Crippen molar-refractivity contribution >= 4 is 5.96 Å². The van der Waals surface area contributed by atoms with Crippen LogP contribution in [0.25, 0.3) is 0 Å². The summed E-state index contributed by atoms with van der Waals surface area (Å²) in [6, 6.07) is 6.42. The monoisotopic (exact) mass is 372 g/mol. The first-order valence-corrected chi connectivity index (χ1v) is 8.94. The van der Waals surface area contributed by atoms with E-state index in [0.29, 0.717) is 17.6 Å². The van der Waals surface area contributed by atoms with E-state index < -0.39 is 6.36 Å². The second-order valence-corrected chi connectivity index (χ2v) is 6.34. The van der Waals surface area contributed by atoms with Gasteiger partial charge in [0, 0.05) is 38.3 Å². The number of nitrogens with one attached hydrogen (secondary N) is 2. The first kappa shape index (κ1) is 20.4. The summed E-state index contributed by atoms with van der Waals surface area (Å²) in [5.41, 5.74) is 0.422. The van der Waals surface area contributed by atoms with Crippen molar-refractivity contribution in [3.8, 4) is 5.75 Å². The predicted molar refractivity (Wildman–Crippen MR) is 96.2 cm³/mol. The van der Waals surface area contributed by atoms with Gasteiger partial charge in [0.15, 0.2) is 5.96 Å². The van der Waals surface area contributed by atoms with Crippen LogP contribution in [0.1, 0.15) is 31.7 Å². The molecule has 0 aromatic heterocycles. The van der Waals surface area contributed by atoms with Crippen molar-refractivity contribution in [1.82, 2.24) is 15.5 Å². The number of nitrogens with zero attached hydrogens (tertiary/aromatic N) is 2. The van der Waals surface area contributed by atoms with Crippen molar-refractivity contribution in [1.29, 1.82) is 0 Å². The average Bonchev–Trinajstić information content (AvgIpc) is 2.60. The summed E-state index contributed by atoms with van der Waals surface area (Å²) >= 11 is 0. The van der Waals surface area contributed by atoms with Gasteiger partial charge in [-0.15, -0.1) is 13.2 Å². The highest BCUT2D eigenvalue weighted by Gasteiger charge is 2.32. The van der Waals surface area contributed by atoms with Gasteiger partial charge in [-0.1, -0.05) is 25.1 Å². The molecule has 1 aliphatic heterocycles. The number of hydrogen-bond acceptors (Lipinski definition) is 3. The van der Waals surface area contributed by atoms with Crippen LogP contribution in [0.2, 0.25) is 0 Å². The lowest BCUT2D eigenvalue weighted by molar-refractivity contribution is -0.274. The Kier molecular flexibility index (Phi) is 7.56. The highest BCUT2D eigenvalue weighted by atomic mass is 19.4. The molecule has 0 radical (unpaired) electrons. The van der Waals surface area contributed by atoms with Gasteiger partial charge >= 0.3 is 6.36 Å². The van der Waals surface area contributed by atoms with Crippen LogP contribution >= 0.6 is 0 Å². The van der Waals surface area contributed by atoms with Crippen molar-refractivity contribution < 1.29 is 17.9 Å². The Morgan fingerprint density at radius 1 is 1.27 bits per heavy atom. The number of rotatable bonds is 6. The number of likely N-dealkylation sites (tertiary alicyclic amines) is 1. The van der Waals surface area contributed by atoms with Gasteiger partial charge in [0.1, 0.15) is 5.75 Å². The van der Waals surface area contributed by atoms with Crippen LogP contribution in [-0.2, 0) is 6.54 Å². The summed E-state index contributed by atoms with van der Waals surface area (Å²) in [5, 5.41) is 6.43. The van der Waals surface area contributed by atoms with E-state index in [1.807, 2.05) is 0 Å². The van der Waals surface area contributed by atoms with Crippen LogP contribution in [0.5, 0.6) is 5.75 Å². The van der Waals surface area contributed by atoms with Gasteiger partial charge in [-0.05, 0) is 31.9 Å². The molecule has 0 bridgehead atoms. The van der Waals surface area contributed by atoms with E-state index in [1.54, 1.807) is 19.2 Å². The van der Waals surface area contributed by atoms with Gasteiger partial charge < -0.3 is 20.3 Å². The molecule has 2 rings (SSSR count). The Bertz CT molecular complexity index is 584. The molecule has 146 valence electrons. The van der Waals surface area contributed by atoms with Crippen molar-refractivity contribution in [2.45, 2.75) is 45.1 Å². The minimum absolute atomic E-state index is 0.195. The molecule has 0 spiro atoms. The van der Waals surface area contributed by atoms with Crippen molar-refractivity contribution in [2.24, 2.45) is 4.99 Å². The maximum Gasteiger partial charge on any atom is 0.573 e. The SMILES string of the molecule is CCCN1CCC(NC(=NC)NCc2ccccc2OC(F)(F)F)CC1. The standard InChI is InChI=1S/C18H27F3N4O/c1-3-10-25-11-8-15(9-12-25)24-17(22-2)23-13-14-6-4-5-7-16(14)26-18(19,20)21/h4-7,15H,3,8-13H2,1-2H3,(H2,22,23,24). The molecule has 1 aromatic rings. The average molecular weight is 372 g/mol. The Balaban J connectivity index is 1.86. The Labute approximate surface area is 152 Å². The van der Waals surface area contributed by atoms with E-state index in [1.165, 1.54) is 12.1 Å². The third-order valence-electron chi connectivity index (χ3n) is 4.34. The Hall–Kier alpha value is -1.96. The lowest BCUT2D eigenvalue weighted by Gasteiger charge is -2.32. The van der Waals surface area contributed by atoms with E-state index in [2.05, 4.69) is 32.2 Å². The number of hydrogen-bond donors (Lipinski definition) is 2. The number of alkyl halides is 3. The molecule has 1 aromatic carbocycles. The number of guanidine groups is 1. The fourth-order valence-electron chi connectivity index (χ4n) is 3.06. The van der Waals surface area contributed by atoms with Crippen LogP contribution in [0.15, 0.2) is 29.3 Å². The maximum atomic E-state index is 12.5. The number of ether oxygens (including phenoxy) is 1. The van der Waals surface area contributed by atoms with E-state index in [9.17, 15) is 13.2 Å². The summed E-state index contributed by atoms with van der Waals surface area (Å²) in [7, 11) is 1.65. The minimum atomic E-state index is -4.71. The van der Waals surface area contributed by atoms with Gasteiger partial charge in [-0.25, -0.2) is 0 Å². The Morgan fingerprint density at radius 3 is 2.58 bits per heavy atom. The molecule has 2 N–H and O–H groups in total. The smallest absolute Gasteiger partial charge is 0.405 e. The molecule has 1 aliphatic rings. The molecular formula is C18H27F3N4O. The third-order valence-corrected chi connectivity index (χ3v) is 4.34. The maximum absolute atomic E-state index is 12.5. The Morgan fingerprint density at radius 2 is 1.96 bits per heavy atom. The van der Waals surface area contributed by atoms with E-state index in [0.717, 1.165) is 38.9 Å². The zero-order valence-electron chi connectivity index (χ0n) is 15.3. The summed E-state index contributed by atoms with van der Waals surface area (Å²) in [6.45, 7) is 5.59. The normalized spacial score (nSPS) is 17.2. The molecule has 5 nitrogen and oxygen atoms in total. The fraction of sp³-hybridized carbons (Fsp3) is 0.611. The topological polar surface area (TPSA) is 48.9 Å². The van der Waals surface area contributed by atoms with Crippen molar-refractivity contribution in [3.05, 3.63) is 29.8 Å². The summed E-state index contributed by atoms with van der Waals surface area (Å²) in [4.78, 5) is 6.62. The number of para-hydroxylation sites is 1. The number of aliphatic imine (C=N–C) groups is 1. The lowest BCUT2D eigenvalue weighted by atomic mass is 10.1. The summed E-state index contributed by atoms with van der Waals surface area (Å²) in [5.74, 6) is 0.386. The molecule has 1 fully saturated rings. The van der Waals surface area contributed by atoms with E-state index >= 15 is 0 Å². The molecule has 1 saturated heterocycles. The van der Waals surface area contributed by atoms with Crippen LogP contribution in [0.3, 0.4) is 0 Å². The van der Waals surface area contributed by atoms with Crippen LogP contribution < -0.4 is 15.4 Å². The molecule has 8 heteroatoms. The van der Waals surface area contributed by atoms with Crippen molar-refractivity contribution in [2.75, 3.05) is 26.7 Å². The van der Waals surface area contributed by atoms with Gasteiger partial charge in [0.05, 0.1) is 0 Å². The van der Waals surface area contributed by atoms with Gasteiger partial charge in [0.25, 0.3) is 0 Å². The van der Waals surface area contributed by atoms with Crippen molar-refractivity contribution in [3.63, 3.8) is 0 Å². The first-order chi connectivity index (χ1) is 12.4. The molecule has 0 aliphatic carbocycles. The van der Waals surface area contributed by atoms with Crippen LogP contribution in [0.4, 0.5) is 13.2 Å². The molecule has 26 heavy (non-hydrogen) atoms. The van der Waals surface area contributed by atoms with E-state index in [-0.39, 0.29) is 12.3 Å². The molecule has 0 saturated carbocycles. The molecule has 0 unspecified atom stereocenters. The molecule has 0 atom stereocenters.